The molecule has 98 valence electrons. The smallest absolute Gasteiger partial charge is 0.326 e. The first-order valence-electron chi connectivity index (χ1n) is 5.08. The number of amides is 1. The second kappa shape index (κ2) is 6.36. The number of carboxylic acid groups (broad SMARTS) is 1. The highest BCUT2D eigenvalue weighted by molar-refractivity contribution is 9.10. The molecule has 4 N–H and O–H groups in total. The molecule has 1 atom stereocenters. The zero-order valence-corrected chi connectivity index (χ0v) is 10.8. The summed E-state index contributed by atoms with van der Waals surface area (Å²) in [5.41, 5.74) is -0.0256. The summed E-state index contributed by atoms with van der Waals surface area (Å²) in [4.78, 5) is 22.5. The Kier molecular flexibility index (Phi) is 5.11. The molecule has 0 saturated carbocycles. The number of benzene rings is 1. The van der Waals surface area contributed by atoms with Gasteiger partial charge in [-0.15, -0.1) is 0 Å². The fourth-order valence-electron chi connectivity index (χ4n) is 1.32. The molecule has 0 radical (unpaired) electrons. The predicted molar refractivity (Wildman–Crippen MR) is 66.4 cm³/mol. The van der Waals surface area contributed by atoms with Gasteiger partial charge in [-0.25, -0.2) is 4.79 Å². The molecule has 0 aliphatic heterocycles. The van der Waals surface area contributed by atoms with E-state index in [0.717, 1.165) is 0 Å². The minimum Gasteiger partial charge on any atom is -0.507 e. The molecule has 0 aromatic heterocycles. The van der Waals surface area contributed by atoms with Crippen molar-refractivity contribution in [3.63, 3.8) is 0 Å². The van der Waals surface area contributed by atoms with Gasteiger partial charge in [-0.05, 0) is 18.2 Å². The zero-order chi connectivity index (χ0) is 13.7. The van der Waals surface area contributed by atoms with Crippen molar-refractivity contribution < 1.29 is 24.9 Å². The summed E-state index contributed by atoms with van der Waals surface area (Å²) >= 11 is 3.13. The number of phenols is 1. The van der Waals surface area contributed by atoms with E-state index >= 15 is 0 Å². The van der Waals surface area contributed by atoms with E-state index < -0.39 is 17.9 Å². The molecule has 1 rings (SSSR count). The first-order chi connectivity index (χ1) is 8.45. The summed E-state index contributed by atoms with van der Waals surface area (Å²) in [5.74, 6) is -2.20. The van der Waals surface area contributed by atoms with Crippen LogP contribution in [0.1, 0.15) is 16.8 Å². The number of aliphatic carboxylic acids is 1. The highest BCUT2D eigenvalue weighted by atomic mass is 79.9. The standard InChI is InChI=1S/C11H12BrNO5/c12-6-1-2-7(9(15)5-6)10(16)13-8(3-4-14)11(17)18/h1-2,5,8,14-15H,3-4H2,(H,13,16)(H,17,18)/t8-/m1/s1. The summed E-state index contributed by atoms with van der Waals surface area (Å²) in [6.07, 6.45) is -0.0988. The number of aliphatic hydroxyl groups is 1. The first-order valence-corrected chi connectivity index (χ1v) is 5.88. The number of aliphatic hydroxyl groups excluding tert-OH is 1. The van der Waals surface area contributed by atoms with E-state index in [0.29, 0.717) is 4.47 Å². The van der Waals surface area contributed by atoms with Gasteiger partial charge in [-0.3, -0.25) is 4.79 Å². The molecule has 1 aromatic carbocycles. The average molecular weight is 318 g/mol. The van der Waals surface area contributed by atoms with Gasteiger partial charge in [0.15, 0.2) is 0 Å². The topological polar surface area (TPSA) is 107 Å². The van der Waals surface area contributed by atoms with Crippen molar-refractivity contribution in [2.75, 3.05) is 6.61 Å². The van der Waals surface area contributed by atoms with Crippen LogP contribution in [0.3, 0.4) is 0 Å². The van der Waals surface area contributed by atoms with E-state index in [-0.39, 0.29) is 24.3 Å². The Labute approximate surface area is 111 Å². The Morgan fingerprint density at radius 1 is 1.39 bits per heavy atom. The molecule has 1 amide bonds. The molecule has 18 heavy (non-hydrogen) atoms. The number of nitrogens with one attached hydrogen (secondary N) is 1. The van der Waals surface area contributed by atoms with Gasteiger partial charge >= 0.3 is 5.97 Å². The summed E-state index contributed by atoms with van der Waals surface area (Å²) in [6, 6.07) is 3.06. The third-order valence-corrected chi connectivity index (χ3v) is 2.72. The Hall–Kier alpha value is -1.60. The van der Waals surface area contributed by atoms with Crippen molar-refractivity contribution >= 4 is 27.8 Å². The Morgan fingerprint density at radius 2 is 2.06 bits per heavy atom. The van der Waals surface area contributed by atoms with E-state index in [4.69, 9.17) is 10.2 Å². The highest BCUT2D eigenvalue weighted by Gasteiger charge is 2.21. The maximum absolute atomic E-state index is 11.7. The summed E-state index contributed by atoms with van der Waals surface area (Å²) < 4.78 is 0.599. The fraction of sp³-hybridized carbons (Fsp3) is 0.273. The quantitative estimate of drug-likeness (QED) is 0.640. The minimum absolute atomic E-state index is 0.0256. The van der Waals surface area contributed by atoms with E-state index in [1.54, 1.807) is 6.07 Å². The number of halogens is 1. The molecule has 0 heterocycles. The van der Waals surface area contributed by atoms with Crippen LogP contribution < -0.4 is 5.32 Å². The third kappa shape index (κ3) is 3.71. The average Bonchev–Trinajstić information content (AvgIpc) is 2.27. The van der Waals surface area contributed by atoms with Crippen LogP contribution in [0.5, 0.6) is 5.75 Å². The largest absolute Gasteiger partial charge is 0.507 e. The number of carbonyl (C=O) groups excluding carboxylic acids is 1. The van der Waals surface area contributed by atoms with E-state index in [1.165, 1.54) is 12.1 Å². The number of hydrogen-bond donors (Lipinski definition) is 4. The molecule has 0 saturated heterocycles. The molecule has 0 aliphatic rings. The van der Waals surface area contributed by atoms with Crippen LogP contribution in [0.2, 0.25) is 0 Å². The van der Waals surface area contributed by atoms with E-state index in [2.05, 4.69) is 21.2 Å². The Morgan fingerprint density at radius 3 is 2.56 bits per heavy atom. The van der Waals surface area contributed by atoms with Gasteiger partial charge in [0.25, 0.3) is 5.91 Å². The molecule has 0 unspecified atom stereocenters. The number of aromatic hydroxyl groups is 1. The van der Waals surface area contributed by atoms with Gasteiger partial charge in [-0.2, -0.15) is 0 Å². The Balaban J connectivity index is 2.83. The number of carboxylic acids is 1. The zero-order valence-electron chi connectivity index (χ0n) is 9.26. The molecule has 0 aliphatic carbocycles. The second-order valence-corrected chi connectivity index (χ2v) is 4.45. The van der Waals surface area contributed by atoms with Gasteiger partial charge in [0.2, 0.25) is 0 Å². The van der Waals surface area contributed by atoms with Crippen LogP contribution in [0, 0.1) is 0 Å². The maximum Gasteiger partial charge on any atom is 0.326 e. The number of carbonyl (C=O) groups is 2. The van der Waals surface area contributed by atoms with Gasteiger partial charge in [-0.1, -0.05) is 15.9 Å². The monoisotopic (exact) mass is 317 g/mol. The normalized spacial score (nSPS) is 11.9. The van der Waals surface area contributed by atoms with Crippen molar-refractivity contribution in [3.05, 3.63) is 28.2 Å². The van der Waals surface area contributed by atoms with Gasteiger partial charge in [0, 0.05) is 17.5 Å². The highest BCUT2D eigenvalue weighted by Crippen LogP contribution is 2.22. The molecule has 0 spiro atoms. The summed E-state index contributed by atoms with van der Waals surface area (Å²) in [7, 11) is 0. The number of hydrogen-bond acceptors (Lipinski definition) is 4. The van der Waals surface area contributed by atoms with Crippen molar-refractivity contribution in [3.8, 4) is 5.75 Å². The SMILES string of the molecule is O=C(N[C@H](CCO)C(=O)O)c1ccc(Br)cc1O. The second-order valence-electron chi connectivity index (χ2n) is 3.54. The van der Waals surface area contributed by atoms with Gasteiger partial charge in [0.1, 0.15) is 11.8 Å². The predicted octanol–water partition coefficient (Wildman–Crippen LogP) is 0.720. The van der Waals surface area contributed by atoms with E-state index in [1.807, 2.05) is 0 Å². The summed E-state index contributed by atoms with van der Waals surface area (Å²) in [6.45, 7) is -0.358. The van der Waals surface area contributed by atoms with Gasteiger partial charge in [0.05, 0.1) is 5.56 Å². The van der Waals surface area contributed by atoms with Crippen LogP contribution in [-0.4, -0.2) is 39.8 Å². The summed E-state index contributed by atoms with van der Waals surface area (Å²) in [5, 5.41) is 29.3. The van der Waals surface area contributed by atoms with Crippen LogP contribution in [0.4, 0.5) is 0 Å². The lowest BCUT2D eigenvalue weighted by molar-refractivity contribution is -0.139. The third-order valence-electron chi connectivity index (χ3n) is 2.23. The molecular formula is C11H12BrNO5. The minimum atomic E-state index is -1.24. The number of rotatable bonds is 5. The molecule has 1 aromatic rings. The van der Waals surface area contributed by atoms with Crippen LogP contribution in [0.25, 0.3) is 0 Å². The van der Waals surface area contributed by atoms with Gasteiger partial charge < -0.3 is 20.6 Å². The molecule has 0 bridgehead atoms. The lowest BCUT2D eigenvalue weighted by atomic mass is 10.1. The van der Waals surface area contributed by atoms with Crippen molar-refractivity contribution in [2.24, 2.45) is 0 Å². The van der Waals surface area contributed by atoms with Crippen LogP contribution in [-0.2, 0) is 4.79 Å². The lowest BCUT2D eigenvalue weighted by Gasteiger charge is -2.13. The molecule has 0 fully saturated rings. The van der Waals surface area contributed by atoms with Crippen molar-refractivity contribution in [1.82, 2.24) is 5.32 Å². The van der Waals surface area contributed by atoms with Crippen molar-refractivity contribution in [2.45, 2.75) is 12.5 Å². The van der Waals surface area contributed by atoms with Crippen LogP contribution in [0.15, 0.2) is 22.7 Å². The number of phenolic OH excluding ortho intramolecular Hbond substituents is 1. The first kappa shape index (κ1) is 14.5. The van der Waals surface area contributed by atoms with Crippen molar-refractivity contribution in [1.29, 1.82) is 0 Å². The molecule has 7 heteroatoms. The lowest BCUT2D eigenvalue weighted by Crippen LogP contribution is -2.41. The van der Waals surface area contributed by atoms with Crippen LogP contribution >= 0.6 is 15.9 Å². The van der Waals surface area contributed by atoms with E-state index in [9.17, 15) is 14.7 Å². The molecular weight excluding hydrogens is 306 g/mol. The maximum atomic E-state index is 11.7. The Bertz CT molecular complexity index is 463. The fourth-order valence-corrected chi connectivity index (χ4v) is 1.67. The molecule has 6 nitrogen and oxygen atoms in total.